The zero-order chi connectivity index (χ0) is 22.1. The number of nitrogens with zero attached hydrogens (tertiary/aromatic N) is 3. The van der Waals surface area contributed by atoms with Crippen molar-refractivity contribution in [1.82, 2.24) is 9.97 Å². The van der Waals surface area contributed by atoms with Gasteiger partial charge in [-0.25, -0.2) is 20.8 Å². The van der Waals surface area contributed by atoms with Crippen LogP contribution < -0.4 is 10.9 Å². The van der Waals surface area contributed by atoms with E-state index in [0.29, 0.717) is 15.1 Å². The van der Waals surface area contributed by atoms with Gasteiger partial charge in [0.25, 0.3) is 0 Å². The molecule has 10 heteroatoms. The second-order valence-electron chi connectivity index (χ2n) is 6.41. The van der Waals surface area contributed by atoms with Gasteiger partial charge in [-0.15, -0.1) is 0 Å². The van der Waals surface area contributed by atoms with Crippen LogP contribution >= 0.6 is 27.5 Å². The second-order valence-corrected chi connectivity index (χ2v) is 7.70. The summed E-state index contributed by atoms with van der Waals surface area (Å²) >= 11 is 9.34. The van der Waals surface area contributed by atoms with E-state index in [0.717, 1.165) is 22.2 Å². The number of anilines is 1. The summed E-state index contributed by atoms with van der Waals surface area (Å²) in [6.07, 6.45) is -3.26. The zero-order valence-electron chi connectivity index (χ0n) is 15.5. The van der Waals surface area contributed by atoms with Gasteiger partial charge in [-0.3, -0.25) is 4.79 Å². The topological polar surface area (TPSA) is 72.1 Å². The van der Waals surface area contributed by atoms with Crippen molar-refractivity contribution in [3.05, 3.63) is 75.1 Å². The Bertz CT molecular complexity index is 1090. The quantitative estimate of drug-likeness (QED) is 0.299. The van der Waals surface area contributed by atoms with Crippen molar-refractivity contribution < 1.29 is 18.0 Å². The van der Waals surface area contributed by atoms with Crippen LogP contribution in [-0.2, 0) is 17.4 Å². The van der Waals surface area contributed by atoms with E-state index >= 15 is 0 Å². The Morgan fingerprint density at radius 3 is 2.47 bits per heavy atom. The first-order valence-electron chi connectivity index (χ1n) is 8.59. The number of hydrogen-bond acceptors (Lipinski definition) is 4. The largest absolute Gasteiger partial charge is 0.433 e. The Kier molecular flexibility index (Phi) is 6.44. The number of benzene rings is 1. The summed E-state index contributed by atoms with van der Waals surface area (Å²) in [5.74, 6) is 5.58. The fourth-order valence-electron chi connectivity index (χ4n) is 2.72. The number of pyridine rings is 2. The highest BCUT2D eigenvalue weighted by atomic mass is 79.9. The summed E-state index contributed by atoms with van der Waals surface area (Å²) < 4.78 is 39.0. The van der Waals surface area contributed by atoms with Gasteiger partial charge in [0.05, 0.1) is 6.42 Å². The minimum Gasteiger partial charge on any atom is -0.273 e. The molecule has 0 saturated carbocycles. The monoisotopic (exact) mass is 498 g/mol. The van der Waals surface area contributed by atoms with Crippen molar-refractivity contribution in [2.24, 2.45) is 5.84 Å². The molecule has 0 spiro atoms. The molecule has 0 atom stereocenters. The van der Waals surface area contributed by atoms with Crippen molar-refractivity contribution in [3.63, 3.8) is 0 Å². The van der Waals surface area contributed by atoms with Gasteiger partial charge in [-0.1, -0.05) is 29.8 Å². The van der Waals surface area contributed by atoms with Gasteiger partial charge >= 0.3 is 6.18 Å². The van der Waals surface area contributed by atoms with Crippen molar-refractivity contribution in [1.29, 1.82) is 0 Å². The number of amides is 1. The maximum absolute atomic E-state index is 12.8. The van der Waals surface area contributed by atoms with Crippen LogP contribution in [0, 0.1) is 6.92 Å². The highest BCUT2D eigenvalue weighted by Gasteiger charge is 2.32. The summed E-state index contributed by atoms with van der Waals surface area (Å²) in [6.45, 7) is 1.41. The van der Waals surface area contributed by atoms with Crippen LogP contribution in [0.2, 0.25) is 5.02 Å². The fourth-order valence-corrected chi connectivity index (χ4v) is 3.29. The molecule has 0 aliphatic rings. The van der Waals surface area contributed by atoms with Gasteiger partial charge < -0.3 is 0 Å². The molecule has 0 fully saturated rings. The van der Waals surface area contributed by atoms with E-state index in [4.69, 9.17) is 17.4 Å². The normalized spacial score (nSPS) is 11.4. The number of hydrogen-bond donors (Lipinski definition) is 1. The molecule has 1 aromatic carbocycles. The number of rotatable bonds is 4. The molecule has 156 valence electrons. The Balaban J connectivity index is 1.83. The summed E-state index contributed by atoms with van der Waals surface area (Å²) in [7, 11) is 0. The van der Waals surface area contributed by atoms with E-state index in [1.54, 1.807) is 18.2 Å². The maximum Gasteiger partial charge on any atom is 0.433 e. The molecule has 3 aromatic rings. The number of carbonyl (C=O) groups excluding carboxylic acids is 1. The Hall–Kier alpha value is -2.49. The molecule has 0 unspecified atom stereocenters. The lowest BCUT2D eigenvalue weighted by Crippen LogP contribution is -2.39. The number of alkyl halides is 3. The third kappa shape index (κ3) is 4.97. The number of hydrazine groups is 1. The first-order chi connectivity index (χ1) is 14.1. The van der Waals surface area contributed by atoms with Gasteiger partial charge in [0, 0.05) is 26.9 Å². The van der Waals surface area contributed by atoms with Crippen molar-refractivity contribution >= 4 is 39.3 Å². The lowest BCUT2D eigenvalue weighted by molar-refractivity contribution is -0.141. The van der Waals surface area contributed by atoms with Crippen LogP contribution in [0.3, 0.4) is 0 Å². The summed E-state index contributed by atoms with van der Waals surface area (Å²) in [5.41, 5.74) is 1.02. The van der Waals surface area contributed by atoms with Crippen LogP contribution in [0.15, 0.2) is 53.1 Å². The second kappa shape index (κ2) is 8.71. The van der Waals surface area contributed by atoms with Crippen LogP contribution in [0.4, 0.5) is 19.0 Å². The van der Waals surface area contributed by atoms with E-state index in [2.05, 4.69) is 25.9 Å². The summed E-state index contributed by atoms with van der Waals surface area (Å²) in [6, 6.07) is 10.8. The molecule has 2 heterocycles. The van der Waals surface area contributed by atoms with Crippen LogP contribution in [-0.4, -0.2) is 15.9 Å². The summed E-state index contributed by atoms with van der Waals surface area (Å²) in [4.78, 5) is 20.3. The van der Waals surface area contributed by atoms with Crippen LogP contribution in [0.5, 0.6) is 0 Å². The van der Waals surface area contributed by atoms with Gasteiger partial charge in [0.15, 0.2) is 0 Å². The third-order valence-electron chi connectivity index (χ3n) is 4.34. The molecular formula is C20H15BrClF3N4O. The molecule has 0 aliphatic carbocycles. The Labute approximate surface area is 183 Å². The molecule has 5 nitrogen and oxygen atoms in total. The first kappa shape index (κ1) is 22.2. The summed E-state index contributed by atoms with van der Waals surface area (Å²) in [5, 5.41) is 1.45. The van der Waals surface area contributed by atoms with E-state index in [1.807, 2.05) is 12.1 Å². The molecule has 0 bridgehead atoms. The first-order valence-corrected chi connectivity index (χ1v) is 9.76. The van der Waals surface area contributed by atoms with Gasteiger partial charge in [0.2, 0.25) is 5.91 Å². The van der Waals surface area contributed by atoms with Crippen LogP contribution in [0.25, 0.3) is 11.1 Å². The molecule has 2 aromatic heterocycles. The SMILES string of the molecule is Cc1nc(C(F)(F)F)ccc1CC(=O)N(N)c1cc(-c2ccc(Cl)cc2)c(Br)cn1. The number of nitrogens with two attached hydrogens (primary N) is 1. The van der Waals surface area contributed by atoms with E-state index in [9.17, 15) is 18.0 Å². The number of aromatic nitrogens is 2. The molecule has 0 aliphatic heterocycles. The number of halogens is 5. The standard InChI is InChI=1S/C20H15BrClF3N4O/c1-11-13(4-7-17(28-11)20(23,24)25)8-19(30)29(26)18-9-15(16(21)10-27-18)12-2-5-14(22)6-3-12/h2-7,9-10H,8,26H2,1H3. The fraction of sp³-hybridized carbons (Fsp3) is 0.150. The van der Waals surface area contributed by atoms with Gasteiger partial charge in [-0.05, 0) is 58.2 Å². The highest BCUT2D eigenvalue weighted by Crippen LogP contribution is 2.31. The molecule has 0 saturated heterocycles. The van der Waals surface area contributed by atoms with E-state index in [1.165, 1.54) is 19.2 Å². The Morgan fingerprint density at radius 2 is 1.87 bits per heavy atom. The van der Waals surface area contributed by atoms with E-state index < -0.39 is 17.8 Å². The average Bonchev–Trinajstić information content (AvgIpc) is 2.69. The predicted octanol–water partition coefficient (Wildman–Crippen LogP) is 5.34. The molecule has 3 rings (SSSR count). The Morgan fingerprint density at radius 1 is 1.20 bits per heavy atom. The van der Waals surface area contributed by atoms with Crippen molar-refractivity contribution in [2.45, 2.75) is 19.5 Å². The highest BCUT2D eigenvalue weighted by molar-refractivity contribution is 9.10. The van der Waals surface area contributed by atoms with Crippen molar-refractivity contribution in [3.8, 4) is 11.1 Å². The maximum atomic E-state index is 12.8. The van der Waals surface area contributed by atoms with Crippen molar-refractivity contribution in [2.75, 3.05) is 5.01 Å². The smallest absolute Gasteiger partial charge is 0.273 e. The minimum atomic E-state index is -4.55. The molecular weight excluding hydrogens is 485 g/mol. The van der Waals surface area contributed by atoms with Crippen LogP contribution in [0.1, 0.15) is 17.0 Å². The third-order valence-corrected chi connectivity index (χ3v) is 5.22. The van der Waals surface area contributed by atoms with Gasteiger partial charge in [0.1, 0.15) is 11.5 Å². The lowest BCUT2D eigenvalue weighted by atomic mass is 10.1. The predicted molar refractivity (Wildman–Crippen MR) is 112 cm³/mol. The average molecular weight is 500 g/mol. The lowest BCUT2D eigenvalue weighted by Gasteiger charge is -2.18. The zero-order valence-corrected chi connectivity index (χ0v) is 17.9. The minimum absolute atomic E-state index is 0.109. The molecule has 1 amide bonds. The van der Waals surface area contributed by atoms with E-state index in [-0.39, 0.29) is 17.9 Å². The molecule has 30 heavy (non-hydrogen) atoms. The van der Waals surface area contributed by atoms with Gasteiger partial charge in [-0.2, -0.15) is 13.2 Å². The number of carbonyl (C=O) groups is 1. The molecule has 2 N–H and O–H groups in total. The molecule has 0 radical (unpaired) electrons. The number of aryl methyl sites for hydroxylation is 1.